The molecule has 1 N–H and O–H groups in total. The van der Waals surface area contributed by atoms with Crippen molar-refractivity contribution in [1.82, 2.24) is 9.97 Å². The molecule has 0 radical (unpaired) electrons. The zero-order chi connectivity index (χ0) is 15.0. The second kappa shape index (κ2) is 5.14. The van der Waals surface area contributed by atoms with Crippen molar-refractivity contribution in [3.63, 3.8) is 0 Å². The molecule has 0 saturated carbocycles. The third kappa shape index (κ3) is 2.23. The number of rotatable bonds is 2. The predicted molar refractivity (Wildman–Crippen MR) is 80.7 cm³/mol. The van der Waals surface area contributed by atoms with Gasteiger partial charge in [0.05, 0.1) is 12.7 Å². The number of carbonyl (C=O) groups is 1. The van der Waals surface area contributed by atoms with Crippen LogP contribution in [0.4, 0.5) is 0 Å². The maximum Gasteiger partial charge on any atom is 0.342 e. The first-order chi connectivity index (χ1) is 10.1. The molecule has 0 aliphatic carbocycles. The maximum atomic E-state index is 11.7. The first kappa shape index (κ1) is 13.5. The van der Waals surface area contributed by atoms with Crippen molar-refractivity contribution in [2.24, 2.45) is 0 Å². The van der Waals surface area contributed by atoms with Crippen LogP contribution in [0.3, 0.4) is 0 Å². The summed E-state index contributed by atoms with van der Waals surface area (Å²) in [5.41, 5.74) is 2.46. The van der Waals surface area contributed by atoms with E-state index in [9.17, 15) is 4.79 Å². The van der Waals surface area contributed by atoms with E-state index >= 15 is 0 Å². The Kier molecular flexibility index (Phi) is 3.31. The molecule has 0 aliphatic rings. The van der Waals surface area contributed by atoms with Crippen molar-refractivity contribution in [3.8, 4) is 11.4 Å². The predicted octanol–water partition coefficient (Wildman–Crippen LogP) is 3.65. The van der Waals surface area contributed by atoms with Crippen molar-refractivity contribution in [3.05, 3.63) is 46.4 Å². The van der Waals surface area contributed by atoms with Crippen LogP contribution in [0.15, 0.2) is 34.9 Å². The Morgan fingerprint density at radius 2 is 2.14 bits per heavy atom. The molecule has 0 aliphatic heterocycles. The summed E-state index contributed by atoms with van der Waals surface area (Å²) in [5.74, 6) is 0.0694. The number of nitrogens with one attached hydrogen (secondary N) is 1. The van der Waals surface area contributed by atoms with Crippen LogP contribution >= 0.6 is 12.2 Å². The quantitative estimate of drug-likeness (QED) is 0.578. The lowest BCUT2D eigenvalue weighted by molar-refractivity contribution is 0.0598. The molecule has 0 saturated heterocycles. The molecule has 2 heterocycles. The summed E-state index contributed by atoms with van der Waals surface area (Å²) in [6.07, 6.45) is 1.62. The Morgan fingerprint density at radius 1 is 1.38 bits per heavy atom. The number of aromatic nitrogens is 2. The molecular weight excluding hydrogens is 288 g/mol. The Morgan fingerprint density at radius 3 is 2.86 bits per heavy atom. The van der Waals surface area contributed by atoms with Gasteiger partial charge >= 0.3 is 5.97 Å². The van der Waals surface area contributed by atoms with Gasteiger partial charge in [0.2, 0.25) is 0 Å². The molecule has 2 aromatic heterocycles. The standard InChI is InChI=1S/C15H12N2O3S/c1-8-12(15(18)19-2)14(21)17-13(16-8)10-7-20-11-6-4-3-5-9(10)11/h3-7H,1-2H3,(H,16,17,21). The largest absolute Gasteiger partial charge is 0.465 e. The number of H-pyrrole nitrogens is 1. The molecule has 0 fully saturated rings. The molecular formula is C15H12N2O3S. The first-order valence-corrected chi connectivity index (χ1v) is 6.68. The van der Waals surface area contributed by atoms with Gasteiger partial charge in [0.25, 0.3) is 0 Å². The molecule has 0 spiro atoms. The van der Waals surface area contributed by atoms with Crippen molar-refractivity contribution in [2.45, 2.75) is 6.92 Å². The molecule has 6 heteroatoms. The van der Waals surface area contributed by atoms with E-state index in [1.165, 1.54) is 7.11 Å². The summed E-state index contributed by atoms with van der Waals surface area (Å²) in [6, 6.07) is 7.64. The summed E-state index contributed by atoms with van der Waals surface area (Å²) < 4.78 is 10.4. The van der Waals surface area contributed by atoms with Crippen LogP contribution in [0.5, 0.6) is 0 Å². The molecule has 5 nitrogen and oxygen atoms in total. The number of fused-ring (bicyclic) bond motifs is 1. The molecule has 3 aromatic rings. The van der Waals surface area contributed by atoms with E-state index in [4.69, 9.17) is 21.4 Å². The monoisotopic (exact) mass is 300 g/mol. The smallest absolute Gasteiger partial charge is 0.342 e. The highest BCUT2D eigenvalue weighted by atomic mass is 32.1. The third-order valence-corrected chi connectivity index (χ3v) is 3.53. The summed E-state index contributed by atoms with van der Waals surface area (Å²) in [5, 5.41) is 0.931. The average molecular weight is 300 g/mol. The number of para-hydroxylation sites is 1. The van der Waals surface area contributed by atoms with Gasteiger partial charge in [0.1, 0.15) is 27.9 Å². The zero-order valence-corrected chi connectivity index (χ0v) is 12.3. The van der Waals surface area contributed by atoms with Crippen LogP contribution in [0.2, 0.25) is 0 Å². The minimum absolute atomic E-state index is 0.207. The van der Waals surface area contributed by atoms with Gasteiger partial charge in [0.15, 0.2) is 0 Å². The number of furan rings is 1. The number of ether oxygens (including phenoxy) is 1. The summed E-state index contributed by atoms with van der Waals surface area (Å²) in [4.78, 5) is 19.1. The molecule has 0 unspecified atom stereocenters. The fourth-order valence-corrected chi connectivity index (χ4v) is 2.54. The molecule has 3 rings (SSSR count). The van der Waals surface area contributed by atoms with Gasteiger partial charge in [-0.3, -0.25) is 0 Å². The highest BCUT2D eigenvalue weighted by Gasteiger charge is 2.16. The number of aromatic amines is 1. The maximum absolute atomic E-state index is 11.7. The SMILES string of the molecule is COC(=O)c1c(C)[nH]c(-c2coc3ccccc23)nc1=S. The summed E-state index contributed by atoms with van der Waals surface area (Å²) in [7, 11) is 1.31. The van der Waals surface area contributed by atoms with E-state index in [2.05, 4.69) is 9.97 Å². The van der Waals surface area contributed by atoms with Crippen molar-refractivity contribution in [2.75, 3.05) is 7.11 Å². The topological polar surface area (TPSA) is 68.1 Å². The van der Waals surface area contributed by atoms with E-state index in [0.29, 0.717) is 11.5 Å². The van der Waals surface area contributed by atoms with Gasteiger partial charge in [-0.05, 0) is 13.0 Å². The average Bonchev–Trinajstić information content (AvgIpc) is 2.90. The van der Waals surface area contributed by atoms with Crippen LogP contribution < -0.4 is 0 Å². The second-order valence-corrected chi connectivity index (χ2v) is 4.91. The van der Waals surface area contributed by atoms with Crippen LogP contribution in [0, 0.1) is 11.6 Å². The zero-order valence-electron chi connectivity index (χ0n) is 11.5. The molecule has 0 bridgehead atoms. The van der Waals surface area contributed by atoms with E-state index < -0.39 is 5.97 Å². The molecule has 0 amide bonds. The second-order valence-electron chi connectivity index (χ2n) is 4.53. The van der Waals surface area contributed by atoms with Crippen molar-refractivity contribution < 1.29 is 13.9 Å². The van der Waals surface area contributed by atoms with Crippen LogP contribution in [-0.2, 0) is 4.74 Å². The number of esters is 1. The number of hydrogen-bond acceptors (Lipinski definition) is 5. The van der Waals surface area contributed by atoms with E-state index in [0.717, 1.165) is 16.5 Å². The Hall–Kier alpha value is -2.47. The highest BCUT2D eigenvalue weighted by molar-refractivity contribution is 7.71. The summed E-state index contributed by atoms with van der Waals surface area (Å²) in [6.45, 7) is 1.76. The molecule has 1 aromatic carbocycles. The van der Waals surface area contributed by atoms with Crippen molar-refractivity contribution in [1.29, 1.82) is 0 Å². The minimum Gasteiger partial charge on any atom is -0.465 e. The van der Waals surface area contributed by atoms with Gasteiger partial charge < -0.3 is 14.1 Å². The highest BCUT2D eigenvalue weighted by Crippen LogP contribution is 2.28. The van der Waals surface area contributed by atoms with Crippen LogP contribution in [0.1, 0.15) is 16.1 Å². The van der Waals surface area contributed by atoms with E-state index in [1.54, 1.807) is 13.2 Å². The normalized spacial score (nSPS) is 10.8. The Labute approximate surface area is 125 Å². The number of carbonyl (C=O) groups excluding carboxylic acids is 1. The number of aryl methyl sites for hydroxylation is 1. The fraction of sp³-hybridized carbons (Fsp3) is 0.133. The molecule has 21 heavy (non-hydrogen) atoms. The van der Waals surface area contributed by atoms with Crippen LogP contribution in [0.25, 0.3) is 22.4 Å². The lowest BCUT2D eigenvalue weighted by Gasteiger charge is -2.06. The van der Waals surface area contributed by atoms with Gasteiger partial charge in [-0.2, -0.15) is 0 Å². The number of methoxy groups -OCH3 is 1. The minimum atomic E-state index is -0.496. The van der Waals surface area contributed by atoms with Gasteiger partial charge in [0, 0.05) is 11.1 Å². The first-order valence-electron chi connectivity index (χ1n) is 6.27. The Balaban J connectivity index is 2.21. The number of hydrogen-bond donors (Lipinski definition) is 1. The van der Waals surface area contributed by atoms with E-state index in [-0.39, 0.29) is 10.2 Å². The molecule has 106 valence electrons. The lowest BCUT2D eigenvalue weighted by atomic mass is 10.1. The molecule has 0 atom stereocenters. The van der Waals surface area contributed by atoms with Crippen molar-refractivity contribution >= 4 is 29.2 Å². The number of benzene rings is 1. The Bertz CT molecular complexity index is 895. The van der Waals surface area contributed by atoms with E-state index in [1.807, 2.05) is 24.3 Å². The number of nitrogens with zero attached hydrogens (tertiary/aromatic N) is 1. The van der Waals surface area contributed by atoms with Gasteiger partial charge in [-0.15, -0.1) is 0 Å². The summed E-state index contributed by atoms with van der Waals surface area (Å²) >= 11 is 5.20. The lowest BCUT2D eigenvalue weighted by Crippen LogP contribution is -2.08. The van der Waals surface area contributed by atoms with Gasteiger partial charge in [-0.25, -0.2) is 9.78 Å². The third-order valence-electron chi connectivity index (χ3n) is 3.23. The van der Waals surface area contributed by atoms with Crippen LogP contribution in [-0.4, -0.2) is 23.0 Å². The van der Waals surface area contributed by atoms with Gasteiger partial charge in [-0.1, -0.05) is 30.4 Å². The fourth-order valence-electron chi connectivity index (χ4n) is 2.22.